The summed E-state index contributed by atoms with van der Waals surface area (Å²) in [5, 5.41) is 0. The first-order valence-corrected chi connectivity index (χ1v) is 5.94. The van der Waals surface area contributed by atoms with Crippen LogP contribution in [0.25, 0.3) is 0 Å². The van der Waals surface area contributed by atoms with Crippen LogP contribution in [0.5, 0.6) is 11.5 Å². The van der Waals surface area contributed by atoms with E-state index in [0.717, 1.165) is 11.1 Å². The van der Waals surface area contributed by atoms with Crippen LogP contribution in [0.3, 0.4) is 0 Å². The van der Waals surface area contributed by atoms with Gasteiger partial charge in [0.1, 0.15) is 0 Å². The molecule has 2 aromatic rings. The Kier molecular flexibility index (Phi) is 4.50. The second kappa shape index (κ2) is 6.54. The molecule has 19 heavy (non-hydrogen) atoms. The molecular weight excluding hydrogens is 240 g/mol. The number of pyridine rings is 1. The monoisotopic (exact) mass is 256 g/mol. The molecule has 0 saturated carbocycles. The van der Waals surface area contributed by atoms with Crippen molar-refractivity contribution in [3.05, 3.63) is 53.9 Å². The van der Waals surface area contributed by atoms with E-state index in [1.54, 1.807) is 20.4 Å². The van der Waals surface area contributed by atoms with Gasteiger partial charge in [0.2, 0.25) is 0 Å². The number of benzene rings is 1. The third-order valence-corrected chi connectivity index (χ3v) is 2.64. The fraction of sp³-hybridized carbons (Fsp3) is 0.200. The number of aliphatic imine (C=N–C) groups is 1. The summed E-state index contributed by atoms with van der Waals surface area (Å²) in [7, 11) is 3.24. The summed E-state index contributed by atoms with van der Waals surface area (Å²) in [6.07, 6.45) is 5.38. The van der Waals surface area contributed by atoms with E-state index in [1.165, 1.54) is 0 Å². The summed E-state index contributed by atoms with van der Waals surface area (Å²) in [5.74, 6) is 1.42. The molecule has 0 aliphatic heterocycles. The zero-order valence-corrected chi connectivity index (χ0v) is 11.0. The molecule has 0 amide bonds. The lowest BCUT2D eigenvalue weighted by Crippen LogP contribution is -1.92. The van der Waals surface area contributed by atoms with Gasteiger partial charge in [-0.1, -0.05) is 6.07 Å². The van der Waals surface area contributed by atoms with Crippen molar-refractivity contribution in [1.82, 2.24) is 4.98 Å². The summed E-state index contributed by atoms with van der Waals surface area (Å²) in [4.78, 5) is 8.43. The van der Waals surface area contributed by atoms with Crippen LogP contribution in [0, 0.1) is 0 Å². The van der Waals surface area contributed by atoms with E-state index in [2.05, 4.69) is 9.98 Å². The summed E-state index contributed by atoms with van der Waals surface area (Å²) in [6, 6.07) is 9.60. The molecule has 4 nitrogen and oxygen atoms in total. The van der Waals surface area contributed by atoms with Gasteiger partial charge in [0.05, 0.1) is 20.8 Å². The van der Waals surface area contributed by atoms with E-state index in [4.69, 9.17) is 9.47 Å². The van der Waals surface area contributed by atoms with Crippen LogP contribution in [0.4, 0.5) is 0 Å². The lowest BCUT2D eigenvalue weighted by Gasteiger charge is -2.07. The molecule has 0 spiro atoms. The minimum atomic E-state index is 0.613. The molecule has 0 unspecified atom stereocenters. The summed E-state index contributed by atoms with van der Waals surface area (Å²) >= 11 is 0. The number of nitrogens with zero attached hydrogens (tertiary/aromatic N) is 2. The van der Waals surface area contributed by atoms with E-state index in [0.29, 0.717) is 18.0 Å². The summed E-state index contributed by atoms with van der Waals surface area (Å²) in [5.41, 5.74) is 2.06. The van der Waals surface area contributed by atoms with Crippen LogP contribution in [0.2, 0.25) is 0 Å². The van der Waals surface area contributed by atoms with Crippen LogP contribution >= 0.6 is 0 Å². The molecule has 98 valence electrons. The molecular formula is C15H16N2O2. The zero-order valence-electron chi connectivity index (χ0n) is 11.0. The lowest BCUT2D eigenvalue weighted by molar-refractivity contribution is 0.355. The maximum atomic E-state index is 5.24. The number of rotatable bonds is 5. The molecule has 0 saturated heterocycles. The Labute approximate surface area is 112 Å². The van der Waals surface area contributed by atoms with Crippen LogP contribution in [-0.4, -0.2) is 25.4 Å². The maximum absolute atomic E-state index is 5.24. The highest BCUT2D eigenvalue weighted by Crippen LogP contribution is 2.26. The maximum Gasteiger partial charge on any atom is 0.161 e. The van der Waals surface area contributed by atoms with Gasteiger partial charge < -0.3 is 9.47 Å². The molecule has 4 heteroatoms. The molecule has 0 aliphatic rings. The van der Waals surface area contributed by atoms with Crippen molar-refractivity contribution in [1.29, 1.82) is 0 Å². The van der Waals surface area contributed by atoms with Crippen molar-refractivity contribution in [2.45, 2.75) is 6.54 Å². The predicted octanol–water partition coefficient (Wildman–Crippen LogP) is 2.72. The standard InChI is InChI=1S/C15H16N2O2/c1-18-14-6-5-12(8-15(14)19-2)9-17-11-13-4-3-7-16-10-13/h3-10H,11H2,1-2H3. The van der Waals surface area contributed by atoms with E-state index < -0.39 is 0 Å². The third-order valence-electron chi connectivity index (χ3n) is 2.64. The van der Waals surface area contributed by atoms with Gasteiger partial charge in [0.15, 0.2) is 11.5 Å². The second-order valence-electron chi connectivity index (χ2n) is 3.95. The Hall–Kier alpha value is -2.36. The molecule has 0 N–H and O–H groups in total. The molecule has 1 heterocycles. The normalized spacial score (nSPS) is 10.6. The Bertz CT molecular complexity index is 553. The average Bonchev–Trinajstić information content (AvgIpc) is 2.48. The van der Waals surface area contributed by atoms with E-state index in [1.807, 2.05) is 42.7 Å². The fourth-order valence-corrected chi connectivity index (χ4v) is 1.68. The third kappa shape index (κ3) is 3.55. The van der Waals surface area contributed by atoms with Crippen molar-refractivity contribution in [3.63, 3.8) is 0 Å². The molecule has 0 aliphatic carbocycles. The highest BCUT2D eigenvalue weighted by atomic mass is 16.5. The Morgan fingerprint density at radius 3 is 2.68 bits per heavy atom. The van der Waals surface area contributed by atoms with Crippen LogP contribution in [-0.2, 0) is 6.54 Å². The van der Waals surface area contributed by atoms with Gasteiger partial charge in [0.25, 0.3) is 0 Å². The van der Waals surface area contributed by atoms with Crippen LogP contribution in [0.15, 0.2) is 47.7 Å². The van der Waals surface area contributed by atoms with Gasteiger partial charge in [-0.2, -0.15) is 0 Å². The second-order valence-corrected chi connectivity index (χ2v) is 3.95. The SMILES string of the molecule is COc1ccc(C=NCc2cccnc2)cc1OC. The summed E-state index contributed by atoms with van der Waals surface area (Å²) < 4.78 is 10.4. The first-order valence-electron chi connectivity index (χ1n) is 5.94. The number of aromatic nitrogens is 1. The topological polar surface area (TPSA) is 43.7 Å². The molecule has 1 aromatic heterocycles. The highest BCUT2D eigenvalue weighted by molar-refractivity contribution is 5.80. The largest absolute Gasteiger partial charge is 0.493 e. The van der Waals surface area contributed by atoms with Crippen molar-refractivity contribution in [3.8, 4) is 11.5 Å². The molecule has 1 aromatic carbocycles. The Morgan fingerprint density at radius 2 is 2.00 bits per heavy atom. The van der Waals surface area contributed by atoms with Crippen molar-refractivity contribution < 1.29 is 9.47 Å². The molecule has 0 bridgehead atoms. The van der Waals surface area contributed by atoms with Crippen molar-refractivity contribution in [2.75, 3.05) is 14.2 Å². The van der Waals surface area contributed by atoms with E-state index in [9.17, 15) is 0 Å². The number of hydrogen-bond donors (Lipinski definition) is 0. The number of methoxy groups -OCH3 is 2. The first kappa shape index (κ1) is 13.1. The minimum Gasteiger partial charge on any atom is -0.493 e. The van der Waals surface area contributed by atoms with Gasteiger partial charge in [0, 0.05) is 18.6 Å². The van der Waals surface area contributed by atoms with Gasteiger partial charge in [-0.25, -0.2) is 0 Å². The van der Waals surface area contributed by atoms with Gasteiger partial charge >= 0.3 is 0 Å². The number of hydrogen-bond acceptors (Lipinski definition) is 4. The van der Waals surface area contributed by atoms with Crippen LogP contribution in [0.1, 0.15) is 11.1 Å². The average molecular weight is 256 g/mol. The van der Waals surface area contributed by atoms with Gasteiger partial charge in [-0.3, -0.25) is 9.98 Å². The molecule has 2 rings (SSSR count). The summed E-state index contributed by atoms with van der Waals surface area (Å²) in [6.45, 7) is 0.613. The minimum absolute atomic E-state index is 0.613. The van der Waals surface area contributed by atoms with Crippen molar-refractivity contribution in [2.24, 2.45) is 4.99 Å². The predicted molar refractivity (Wildman–Crippen MR) is 75.1 cm³/mol. The number of ether oxygens (including phenoxy) is 2. The molecule has 0 atom stereocenters. The Morgan fingerprint density at radius 1 is 1.16 bits per heavy atom. The highest BCUT2D eigenvalue weighted by Gasteiger charge is 2.02. The van der Waals surface area contributed by atoms with E-state index in [-0.39, 0.29) is 0 Å². The van der Waals surface area contributed by atoms with Gasteiger partial charge in [-0.15, -0.1) is 0 Å². The van der Waals surface area contributed by atoms with E-state index >= 15 is 0 Å². The van der Waals surface area contributed by atoms with Crippen LogP contribution < -0.4 is 9.47 Å². The smallest absolute Gasteiger partial charge is 0.161 e. The zero-order chi connectivity index (χ0) is 13.5. The Balaban J connectivity index is 2.07. The van der Waals surface area contributed by atoms with Crippen molar-refractivity contribution >= 4 is 6.21 Å². The fourth-order valence-electron chi connectivity index (χ4n) is 1.68. The van der Waals surface area contributed by atoms with Gasteiger partial charge in [-0.05, 0) is 35.4 Å². The lowest BCUT2D eigenvalue weighted by atomic mass is 10.2. The first-order chi connectivity index (χ1) is 9.33. The molecule has 0 radical (unpaired) electrons. The quantitative estimate of drug-likeness (QED) is 0.772. The molecule has 0 fully saturated rings.